The third-order valence-corrected chi connectivity index (χ3v) is 5.66. The lowest BCUT2D eigenvalue weighted by atomic mass is 9.92. The van der Waals surface area contributed by atoms with Gasteiger partial charge in [-0.3, -0.25) is 0 Å². The van der Waals surface area contributed by atoms with E-state index in [2.05, 4.69) is 19.8 Å². The second-order valence-corrected chi connectivity index (χ2v) is 7.55. The number of likely N-dealkylation sites (tertiary alicyclic amines) is 1. The SMILES string of the molecule is OC1(CN2CCC(N(c3ccncn3)C3CC3)CC2)CCOCC1. The van der Waals surface area contributed by atoms with Crippen LogP contribution < -0.4 is 4.90 Å². The molecule has 0 unspecified atom stereocenters. The Balaban J connectivity index is 1.35. The van der Waals surface area contributed by atoms with Crippen molar-refractivity contribution in [3.63, 3.8) is 0 Å². The Morgan fingerprint density at radius 2 is 1.88 bits per heavy atom. The molecule has 24 heavy (non-hydrogen) atoms. The van der Waals surface area contributed by atoms with Gasteiger partial charge in [-0.05, 0) is 31.7 Å². The Bertz CT molecular complexity index is 523. The van der Waals surface area contributed by atoms with Crippen LogP contribution in [0.2, 0.25) is 0 Å². The number of aliphatic hydroxyl groups is 1. The van der Waals surface area contributed by atoms with E-state index in [-0.39, 0.29) is 0 Å². The van der Waals surface area contributed by atoms with Crippen molar-refractivity contribution in [2.24, 2.45) is 0 Å². The Morgan fingerprint density at radius 3 is 2.50 bits per heavy atom. The van der Waals surface area contributed by atoms with Crippen LogP contribution in [0.1, 0.15) is 38.5 Å². The predicted molar refractivity (Wildman–Crippen MR) is 92.0 cm³/mol. The Morgan fingerprint density at radius 1 is 1.17 bits per heavy atom. The molecule has 132 valence electrons. The minimum atomic E-state index is -0.548. The molecule has 3 fully saturated rings. The number of aromatic nitrogens is 2. The number of hydrogen-bond donors (Lipinski definition) is 1. The summed E-state index contributed by atoms with van der Waals surface area (Å²) < 4.78 is 5.39. The normalized spacial score (nSPS) is 25.5. The number of anilines is 1. The number of ether oxygens (including phenoxy) is 1. The molecule has 3 heterocycles. The van der Waals surface area contributed by atoms with Crippen molar-refractivity contribution in [3.8, 4) is 0 Å². The highest BCUT2D eigenvalue weighted by Crippen LogP contribution is 2.35. The van der Waals surface area contributed by atoms with Crippen molar-refractivity contribution >= 4 is 5.82 Å². The van der Waals surface area contributed by atoms with E-state index in [4.69, 9.17) is 4.74 Å². The molecule has 1 saturated carbocycles. The summed E-state index contributed by atoms with van der Waals surface area (Å²) in [6.07, 6.45) is 9.88. The zero-order valence-electron chi connectivity index (χ0n) is 14.3. The number of nitrogens with zero attached hydrogens (tertiary/aromatic N) is 4. The summed E-state index contributed by atoms with van der Waals surface area (Å²) in [5.74, 6) is 1.08. The van der Waals surface area contributed by atoms with Crippen LogP contribution in [0.5, 0.6) is 0 Å². The summed E-state index contributed by atoms with van der Waals surface area (Å²) in [4.78, 5) is 13.5. The van der Waals surface area contributed by atoms with Crippen LogP contribution in [0.25, 0.3) is 0 Å². The molecule has 1 aromatic heterocycles. The van der Waals surface area contributed by atoms with E-state index in [0.29, 0.717) is 25.3 Å². The molecule has 2 saturated heterocycles. The van der Waals surface area contributed by atoms with Crippen LogP contribution >= 0.6 is 0 Å². The molecule has 2 aliphatic heterocycles. The predicted octanol–water partition coefficient (Wildman–Crippen LogP) is 1.45. The molecule has 0 aromatic carbocycles. The second kappa shape index (κ2) is 6.94. The molecule has 4 rings (SSSR count). The molecule has 6 nitrogen and oxygen atoms in total. The molecule has 6 heteroatoms. The maximum absolute atomic E-state index is 10.7. The van der Waals surface area contributed by atoms with Gasteiger partial charge >= 0.3 is 0 Å². The third-order valence-electron chi connectivity index (χ3n) is 5.66. The van der Waals surface area contributed by atoms with Gasteiger partial charge in [0.05, 0.1) is 5.60 Å². The summed E-state index contributed by atoms with van der Waals surface area (Å²) in [5, 5.41) is 10.7. The first-order chi connectivity index (χ1) is 11.7. The van der Waals surface area contributed by atoms with Gasteiger partial charge in [0.1, 0.15) is 12.1 Å². The standard InChI is InChI=1S/C18H28N4O2/c23-18(6-11-24-12-7-18)13-21-9-4-16(5-10-21)22(15-1-2-15)17-3-8-19-14-20-17/h3,8,14-16,23H,1-2,4-7,9-13H2. The number of piperidine rings is 1. The van der Waals surface area contributed by atoms with Crippen LogP contribution in [0.3, 0.4) is 0 Å². The first-order valence-corrected chi connectivity index (χ1v) is 9.30. The molecular formula is C18H28N4O2. The van der Waals surface area contributed by atoms with Crippen molar-refractivity contribution in [2.75, 3.05) is 37.7 Å². The summed E-state index contributed by atoms with van der Waals surface area (Å²) in [6, 6.07) is 3.26. The lowest BCUT2D eigenvalue weighted by Crippen LogP contribution is -2.52. The highest BCUT2D eigenvalue weighted by molar-refractivity contribution is 5.41. The minimum absolute atomic E-state index is 0.548. The van der Waals surface area contributed by atoms with Gasteiger partial charge in [0, 0.05) is 64.0 Å². The lowest BCUT2D eigenvalue weighted by molar-refractivity contribution is -0.0820. The Hall–Kier alpha value is -1.24. The van der Waals surface area contributed by atoms with Gasteiger partial charge in [0.15, 0.2) is 0 Å². The van der Waals surface area contributed by atoms with Crippen LogP contribution in [0.4, 0.5) is 5.82 Å². The quantitative estimate of drug-likeness (QED) is 0.881. The molecule has 0 bridgehead atoms. The molecule has 1 N–H and O–H groups in total. The first-order valence-electron chi connectivity index (χ1n) is 9.30. The molecule has 3 aliphatic rings. The first kappa shape index (κ1) is 16.2. The average Bonchev–Trinajstić information content (AvgIpc) is 3.43. The minimum Gasteiger partial charge on any atom is -0.388 e. The van der Waals surface area contributed by atoms with Crippen LogP contribution in [-0.2, 0) is 4.74 Å². The maximum Gasteiger partial charge on any atom is 0.132 e. The van der Waals surface area contributed by atoms with E-state index in [1.54, 1.807) is 6.33 Å². The monoisotopic (exact) mass is 332 g/mol. The molecule has 0 atom stereocenters. The number of hydrogen-bond acceptors (Lipinski definition) is 6. The molecule has 0 spiro atoms. The molecular weight excluding hydrogens is 304 g/mol. The zero-order chi connectivity index (χ0) is 16.4. The van der Waals surface area contributed by atoms with E-state index in [1.807, 2.05) is 12.3 Å². The smallest absolute Gasteiger partial charge is 0.132 e. The molecule has 1 aliphatic carbocycles. The Kier molecular flexibility index (Phi) is 4.70. The average molecular weight is 332 g/mol. The second-order valence-electron chi connectivity index (χ2n) is 7.55. The number of rotatable bonds is 5. The maximum atomic E-state index is 10.7. The van der Waals surface area contributed by atoms with E-state index < -0.39 is 5.60 Å². The highest BCUT2D eigenvalue weighted by Gasteiger charge is 2.38. The topological polar surface area (TPSA) is 61.7 Å². The zero-order valence-corrected chi connectivity index (χ0v) is 14.3. The van der Waals surface area contributed by atoms with Crippen LogP contribution in [-0.4, -0.2) is 70.5 Å². The highest BCUT2D eigenvalue weighted by atomic mass is 16.5. The Labute approximate surface area is 143 Å². The van der Waals surface area contributed by atoms with Crippen LogP contribution in [0.15, 0.2) is 18.6 Å². The van der Waals surface area contributed by atoms with Gasteiger partial charge in [-0.25, -0.2) is 9.97 Å². The molecule has 0 amide bonds. The van der Waals surface area contributed by atoms with Crippen molar-refractivity contribution in [2.45, 2.75) is 56.2 Å². The van der Waals surface area contributed by atoms with Crippen molar-refractivity contribution in [1.29, 1.82) is 0 Å². The third kappa shape index (κ3) is 3.71. The fraction of sp³-hybridized carbons (Fsp3) is 0.778. The molecule has 0 radical (unpaired) electrons. The fourth-order valence-electron chi connectivity index (χ4n) is 4.14. The van der Waals surface area contributed by atoms with Crippen LogP contribution in [0, 0.1) is 0 Å². The summed E-state index contributed by atoms with van der Waals surface area (Å²) >= 11 is 0. The van der Waals surface area contributed by atoms with Crippen molar-refractivity contribution in [1.82, 2.24) is 14.9 Å². The van der Waals surface area contributed by atoms with E-state index in [1.165, 1.54) is 12.8 Å². The fourth-order valence-corrected chi connectivity index (χ4v) is 4.14. The van der Waals surface area contributed by atoms with Crippen molar-refractivity contribution < 1.29 is 9.84 Å². The number of β-amino-alcohol motifs (C(OH)–C–C–N with tert-alkyl or cyclic N) is 1. The van der Waals surface area contributed by atoms with Gasteiger partial charge in [0.2, 0.25) is 0 Å². The van der Waals surface area contributed by atoms with Gasteiger partial charge in [-0.1, -0.05) is 0 Å². The van der Waals surface area contributed by atoms with E-state index in [9.17, 15) is 5.11 Å². The molecule has 1 aromatic rings. The van der Waals surface area contributed by atoms with Gasteiger partial charge in [-0.15, -0.1) is 0 Å². The van der Waals surface area contributed by atoms with E-state index in [0.717, 1.165) is 51.1 Å². The van der Waals surface area contributed by atoms with Gasteiger partial charge in [-0.2, -0.15) is 0 Å². The summed E-state index contributed by atoms with van der Waals surface area (Å²) in [5.41, 5.74) is -0.548. The lowest BCUT2D eigenvalue weighted by Gasteiger charge is -2.42. The van der Waals surface area contributed by atoms with Gasteiger partial charge < -0.3 is 19.6 Å². The largest absolute Gasteiger partial charge is 0.388 e. The van der Waals surface area contributed by atoms with Crippen molar-refractivity contribution in [3.05, 3.63) is 18.6 Å². The van der Waals surface area contributed by atoms with E-state index >= 15 is 0 Å². The summed E-state index contributed by atoms with van der Waals surface area (Å²) in [6.45, 7) is 4.29. The summed E-state index contributed by atoms with van der Waals surface area (Å²) in [7, 11) is 0. The van der Waals surface area contributed by atoms with Gasteiger partial charge in [0.25, 0.3) is 0 Å².